The standard InChI is InChI=1S/C16H19FN2/c1-11-7-14(8-12(2)16(11)17)9-19-13(3)15-5-4-6-18-10-15/h4-8,10,13,19H,9H2,1-3H3. The highest BCUT2D eigenvalue weighted by atomic mass is 19.1. The topological polar surface area (TPSA) is 24.9 Å². The number of pyridine rings is 1. The van der Waals surface area contributed by atoms with Crippen molar-refractivity contribution in [1.29, 1.82) is 0 Å². The number of hydrogen-bond donors (Lipinski definition) is 1. The van der Waals surface area contributed by atoms with Gasteiger partial charge in [-0.1, -0.05) is 18.2 Å². The maximum absolute atomic E-state index is 13.5. The molecule has 1 aromatic carbocycles. The Morgan fingerprint density at radius 1 is 1.26 bits per heavy atom. The highest BCUT2D eigenvalue weighted by Crippen LogP contribution is 2.16. The molecule has 1 unspecified atom stereocenters. The van der Waals surface area contributed by atoms with Crippen molar-refractivity contribution < 1.29 is 4.39 Å². The zero-order chi connectivity index (χ0) is 13.8. The number of aromatic nitrogens is 1. The van der Waals surface area contributed by atoms with Crippen LogP contribution in [0, 0.1) is 19.7 Å². The molecule has 0 fully saturated rings. The molecule has 0 aliphatic heterocycles. The molecule has 0 spiro atoms. The molecule has 0 amide bonds. The number of nitrogens with one attached hydrogen (secondary N) is 1. The lowest BCUT2D eigenvalue weighted by Gasteiger charge is -2.14. The van der Waals surface area contributed by atoms with Gasteiger partial charge in [-0.3, -0.25) is 4.98 Å². The Balaban J connectivity index is 2.03. The summed E-state index contributed by atoms with van der Waals surface area (Å²) in [4.78, 5) is 4.11. The molecule has 100 valence electrons. The van der Waals surface area contributed by atoms with Gasteiger partial charge in [-0.25, -0.2) is 4.39 Å². The van der Waals surface area contributed by atoms with Crippen molar-refractivity contribution in [2.75, 3.05) is 0 Å². The summed E-state index contributed by atoms with van der Waals surface area (Å²) in [6, 6.07) is 7.99. The molecule has 2 rings (SSSR count). The van der Waals surface area contributed by atoms with Crippen LogP contribution < -0.4 is 5.32 Å². The van der Waals surface area contributed by atoms with Crippen molar-refractivity contribution in [3.8, 4) is 0 Å². The Morgan fingerprint density at radius 2 is 1.95 bits per heavy atom. The monoisotopic (exact) mass is 258 g/mol. The average Bonchev–Trinajstić information content (AvgIpc) is 2.43. The first-order chi connectivity index (χ1) is 9.08. The number of aryl methyl sites for hydroxylation is 2. The molecule has 0 saturated heterocycles. The average molecular weight is 258 g/mol. The van der Waals surface area contributed by atoms with Crippen LogP contribution in [0.15, 0.2) is 36.7 Å². The molecule has 0 radical (unpaired) electrons. The molecule has 3 heteroatoms. The minimum atomic E-state index is -0.107. The predicted octanol–water partition coefficient (Wildman–Crippen LogP) is 3.69. The number of benzene rings is 1. The lowest BCUT2D eigenvalue weighted by molar-refractivity contribution is 0.569. The summed E-state index contributed by atoms with van der Waals surface area (Å²) >= 11 is 0. The van der Waals surface area contributed by atoms with Crippen LogP contribution in [-0.4, -0.2) is 4.98 Å². The summed E-state index contributed by atoms with van der Waals surface area (Å²) in [6.07, 6.45) is 3.63. The van der Waals surface area contributed by atoms with E-state index in [2.05, 4.69) is 17.2 Å². The minimum absolute atomic E-state index is 0.107. The Labute approximate surface area is 113 Å². The van der Waals surface area contributed by atoms with E-state index < -0.39 is 0 Å². The predicted molar refractivity (Wildman–Crippen MR) is 75.4 cm³/mol. The highest BCUT2D eigenvalue weighted by molar-refractivity contribution is 5.30. The van der Waals surface area contributed by atoms with E-state index in [1.807, 2.05) is 30.5 Å². The number of rotatable bonds is 4. The Morgan fingerprint density at radius 3 is 2.53 bits per heavy atom. The fraction of sp³-hybridized carbons (Fsp3) is 0.312. The molecule has 2 aromatic rings. The van der Waals surface area contributed by atoms with Crippen molar-refractivity contribution in [3.05, 3.63) is 64.7 Å². The number of hydrogen-bond acceptors (Lipinski definition) is 2. The Bertz CT molecular complexity index is 529. The second-order valence-electron chi connectivity index (χ2n) is 4.93. The van der Waals surface area contributed by atoms with E-state index >= 15 is 0 Å². The zero-order valence-electron chi connectivity index (χ0n) is 11.6. The molecule has 1 N–H and O–H groups in total. The van der Waals surface area contributed by atoms with Crippen molar-refractivity contribution >= 4 is 0 Å². The maximum Gasteiger partial charge on any atom is 0.129 e. The third-order valence-electron chi connectivity index (χ3n) is 3.29. The molecule has 0 aliphatic carbocycles. The van der Waals surface area contributed by atoms with Gasteiger partial charge >= 0.3 is 0 Å². The summed E-state index contributed by atoms with van der Waals surface area (Å²) in [6.45, 7) is 6.42. The van der Waals surface area contributed by atoms with Crippen molar-refractivity contribution in [2.24, 2.45) is 0 Å². The molecular weight excluding hydrogens is 239 g/mol. The molecule has 0 aliphatic rings. The van der Waals surface area contributed by atoms with Crippen LogP contribution in [-0.2, 0) is 6.54 Å². The lowest BCUT2D eigenvalue weighted by atomic mass is 10.1. The molecule has 2 nitrogen and oxygen atoms in total. The summed E-state index contributed by atoms with van der Waals surface area (Å²) in [7, 11) is 0. The molecular formula is C16H19FN2. The first-order valence-corrected chi connectivity index (χ1v) is 6.47. The largest absolute Gasteiger partial charge is 0.306 e. The molecule has 1 atom stereocenters. The Kier molecular flexibility index (Phi) is 4.27. The minimum Gasteiger partial charge on any atom is -0.306 e. The molecule has 19 heavy (non-hydrogen) atoms. The highest BCUT2D eigenvalue weighted by Gasteiger charge is 2.07. The first-order valence-electron chi connectivity index (χ1n) is 6.47. The van der Waals surface area contributed by atoms with Crippen molar-refractivity contribution in [3.63, 3.8) is 0 Å². The zero-order valence-corrected chi connectivity index (χ0v) is 11.6. The molecule has 1 heterocycles. The molecule has 0 saturated carbocycles. The van der Waals surface area contributed by atoms with Gasteiger partial charge in [0.05, 0.1) is 0 Å². The quantitative estimate of drug-likeness (QED) is 0.904. The normalized spacial score (nSPS) is 12.4. The molecule has 1 aromatic heterocycles. The van der Waals surface area contributed by atoms with Crippen LogP contribution in [0.4, 0.5) is 4.39 Å². The number of halogens is 1. The van der Waals surface area contributed by atoms with Crippen molar-refractivity contribution in [2.45, 2.75) is 33.4 Å². The van der Waals surface area contributed by atoms with E-state index in [1.165, 1.54) is 0 Å². The van der Waals surface area contributed by atoms with Crippen molar-refractivity contribution in [1.82, 2.24) is 10.3 Å². The van der Waals surface area contributed by atoms with E-state index in [9.17, 15) is 4.39 Å². The van der Waals surface area contributed by atoms with Gasteiger partial charge in [-0.15, -0.1) is 0 Å². The van der Waals surface area contributed by atoms with Crippen LogP contribution in [0.3, 0.4) is 0 Å². The van der Waals surface area contributed by atoms with Crippen LogP contribution in [0.25, 0.3) is 0 Å². The first kappa shape index (κ1) is 13.7. The van der Waals surface area contributed by atoms with Gasteiger partial charge in [0.1, 0.15) is 5.82 Å². The van der Waals surface area contributed by atoms with E-state index in [4.69, 9.17) is 0 Å². The fourth-order valence-corrected chi connectivity index (χ4v) is 2.16. The summed E-state index contributed by atoms with van der Waals surface area (Å²) in [5.74, 6) is -0.107. The second kappa shape index (κ2) is 5.93. The van der Waals surface area contributed by atoms with E-state index in [-0.39, 0.29) is 11.9 Å². The Hall–Kier alpha value is -1.74. The van der Waals surface area contributed by atoms with Gasteiger partial charge in [0.15, 0.2) is 0 Å². The fourth-order valence-electron chi connectivity index (χ4n) is 2.16. The van der Waals surface area contributed by atoms with Gasteiger partial charge in [0.25, 0.3) is 0 Å². The smallest absolute Gasteiger partial charge is 0.129 e. The van der Waals surface area contributed by atoms with E-state index in [0.717, 1.165) is 17.7 Å². The van der Waals surface area contributed by atoms with Gasteiger partial charge in [0.2, 0.25) is 0 Å². The SMILES string of the molecule is Cc1cc(CNC(C)c2cccnc2)cc(C)c1F. The summed E-state index contributed by atoms with van der Waals surface area (Å²) < 4.78 is 13.5. The van der Waals surface area contributed by atoms with Crippen LogP contribution in [0.2, 0.25) is 0 Å². The maximum atomic E-state index is 13.5. The second-order valence-corrected chi connectivity index (χ2v) is 4.93. The summed E-state index contributed by atoms with van der Waals surface area (Å²) in [5.41, 5.74) is 3.65. The summed E-state index contributed by atoms with van der Waals surface area (Å²) in [5, 5.41) is 3.43. The van der Waals surface area contributed by atoms with E-state index in [0.29, 0.717) is 11.1 Å². The molecule has 0 bridgehead atoms. The van der Waals surface area contributed by atoms with Gasteiger partial charge < -0.3 is 5.32 Å². The third-order valence-corrected chi connectivity index (χ3v) is 3.29. The third kappa shape index (κ3) is 3.38. The van der Waals surface area contributed by atoms with Crippen LogP contribution >= 0.6 is 0 Å². The van der Waals surface area contributed by atoms with Gasteiger partial charge in [0, 0.05) is 25.0 Å². The number of nitrogens with zero attached hydrogens (tertiary/aromatic N) is 1. The van der Waals surface area contributed by atoms with Crippen LogP contribution in [0.1, 0.15) is 35.2 Å². The van der Waals surface area contributed by atoms with E-state index in [1.54, 1.807) is 20.0 Å². The van der Waals surface area contributed by atoms with Gasteiger partial charge in [-0.2, -0.15) is 0 Å². The van der Waals surface area contributed by atoms with Crippen LogP contribution in [0.5, 0.6) is 0 Å². The van der Waals surface area contributed by atoms with Gasteiger partial charge in [-0.05, 0) is 49.1 Å². The lowest BCUT2D eigenvalue weighted by Crippen LogP contribution is -2.18.